The molecule has 10 nitrogen and oxygen atoms in total. The Morgan fingerprint density at radius 2 is 1.15 bits per heavy atom. The van der Waals surface area contributed by atoms with E-state index in [2.05, 4.69) is 20.6 Å². The number of benzene rings is 4. The van der Waals surface area contributed by atoms with Crippen LogP contribution in [0.2, 0.25) is 0 Å². The van der Waals surface area contributed by atoms with E-state index in [1.807, 2.05) is 38.1 Å². The number of rotatable bonds is 5. The van der Waals surface area contributed by atoms with Crippen LogP contribution in [0.15, 0.2) is 97.1 Å². The van der Waals surface area contributed by atoms with E-state index in [0.29, 0.717) is 16.8 Å². The number of nitrogen functional groups attached to an aromatic ring is 1. The summed E-state index contributed by atoms with van der Waals surface area (Å²) in [6.07, 6.45) is 0. The van der Waals surface area contributed by atoms with Gasteiger partial charge in [0, 0.05) is 51.1 Å². The number of aryl methyl sites for hydroxylation is 2. The van der Waals surface area contributed by atoms with Gasteiger partial charge in [0.25, 0.3) is 17.5 Å². The fourth-order valence-electron chi connectivity index (χ4n) is 4.49. The molecule has 46 heavy (non-hydrogen) atoms. The van der Waals surface area contributed by atoms with Crippen molar-refractivity contribution in [2.45, 2.75) is 13.8 Å². The van der Waals surface area contributed by atoms with Crippen LogP contribution < -0.4 is 16.4 Å². The highest BCUT2D eigenvalue weighted by Gasteiger charge is 2.15. The lowest BCUT2D eigenvalue weighted by atomic mass is 10.1. The molecule has 2 heterocycles. The number of nitrogens with zero attached hydrogens (tertiary/aromatic N) is 3. The minimum atomic E-state index is -0.743. The quantitative estimate of drug-likeness (QED) is 0.103. The molecular formula is C34H26F2N6O4. The van der Waals surface area contributed by atoms with Crippen molar-refractivity contribution in [3.05, 3.63) is 141 Å². The summed E-state index contributed by atoms with van der Waals surface area (Å²) in [6, 6.07) is 24.5. The average molecular weight is 621 g/mol. The molecule has 0 bridgehead atoms. The van der Waals surface area contributed by atoms with Gasteiger partial charge in [0.05, 0.1) is 27.3 Å². The number of hydrogen-bond donors (Lipinski definition) is 3. The lowest BCUT2D eigenvalue weighted by Gasteiger charge is -2.08. The Morgan fingerprint density at radius 1 is 0.674 bits per heavy atom. The predicted molar refractivity (Wildman–Crippen MR) is 173 cm³/mol. The molecule has 0 saturated carbocycles. The van der Waals surface area contributed by atoms with Gasteiger partial charge in [-0.05, 0) is 86.6 Å². The number of nitrogens with two attached hydrogens (primary N) is 1. The van der Waals surface area contributed by atoms with E-state index in [-0.39, 0.29) is 17.1 Å². The van der Waals surface area contributed by atoms with Crippen molar-refractivity contribution in [3.63, 3.8) is 0 Å². The molecule has 0 saturated heterocycles. The summed E-state index contributed by atoms with van der Waals surface area (Å²) in [5.74, 6) is -2.23. The second-order valence-corrected chi connectivity index (χ2v) is 10.3. The van der Waals surface area contributed by atoms with Crippen molar-refractivity contribution in [3.8, 4) is 0 Å². The summed E-state index contributed by atoms with van der Waals surface area (Å²) in [6.45, 7) is 3.77. The van der Waals surface area contributed by atoms with E-state index in [4.69, 9.17) is 5.73 Å². The fourth-order valence-corrected chi connectivity index (χ4v) is 4.49. The van der Waals surface area contributed by atoms with Crippen molar-refractivity contribution in [2.24, 2.45) is 0 Å². The van der Waals surface area contributed by atoms with Gasteiger partial charge in [-0.1, -0.05) is 12.1 Å². The zero-order chi connectivity index (χ0) is 33.0. The highest BCUT2D eigenvalue weighted by molar-refractivity contribution is 6.07. The highest BCUT2D eigenvalue weighted by atomic mass is 19.1. The number of amides is 2. The van der Waals surface area contributed by atoms with Crippen molar-refractivity contribution in [1.29, 1.82) is 0 Å². The number of hydrogen-bond acceptors (Lipinski definition) is 7. The Hall–Kier alpha value is -6.30. The Balaban J connectivity index is 0.000000182. The SMILES string of the molecule is Cc1ccc2cc(C(=O)Nc3cc(N)ccc3F)ccc2n1.Cc1ccc2cc(C(=O)Nc3cc([N+](=O)[O-])ccc3F)ccc2n1. The second kappa shape index (κ2) is 13.1. The number of non-ortho nitro benzene ring substituents is 1. The second-order valence-electron chi connectivity index (χ2n) is 10.3. The molecule has 0 aliphatic rings. The molecule has 2 amide bonds. The molecule has 12 heteroatoms. The summed E-state index contributed by atoms with van der Waals surface area (Å²) < 4.78 is 27.4. The van der Waals surface area contributed by atoms with Gasteiger partial charge in [-0.15, -0.1) is 0 Å². The number of pyridine rings is 2. The van der Waals surface area contributed by atoms with Crippen molar-refractivity contribution in [2.75, 3.05) is 16.4 Å². The third kappa shape index (κ3) is 7.25. The maximum Gasteiger partial charge on any atom is 0.271 e. The first-order chi connectivity index (χ1) is 22.0. The van der Waals surface area contributed by atoms with Crippen LogP contribution in [0.4, 0.5) is 31.5 Å². The molecule has 4 aromatic carbocycles. The molecule has 0 atom stereocenters. The first kappa shape index (κ1) is 31.1. The van der Waals surface area contributed by atoms with Gasteiger partial charge in [-0.3, -0.25) is 29.7 Å². The Kier molecular flexibility index (Phi) is 8.89. The third-order valence-electron chi connectivity index (χ3n) is 6.83. The van der Waals surface area contributed by atoms with Crippen molar-refractivity contribution >= 4 is 56.4 Å². The van der Waals surface area contributed by atoms with Crippen LogP contribution in [0.1, 0.15) is 32.1 Å². The average Bonchev–Trinajstić information content (AvgIpc) is 3.03. The number of nitrogens with one attached hydrogen (secondary N) is 2. The van der Waals surface area contributed by atoms with Gasteiger partial charge >= 0.3 is 0 Å². The zero-order valence-corrected chi connectivity index (χ0v) is 24.5. The monoisotopic (exact) mass is 620 g/mol. The summed E-state index contributed by atoms with van der Waals surface area (Å²) in [7, 11) is 0. The molecule has 0 aliphatic carbocycles. The molecule has 0 unspecified atom stereocenters. The van der Waals surface area contributed by atoms with Gasteiger partial charge in [0.2, 0.25) is 0 Å². The predicted octanol–water partition coefficient (Wildman–Crippen LogP) is 7.36. The van der Waals surface area contributed by atoms with E-state index < -0.39 is 28.4 Å². The van der Waals surface area contributed by atoms with Crippen LogP contribution in [-0.4, -0.2) is 26.7 Å². The third-order valence-corrected chi connectivity index (χ3v) is 6.83. The van der Waals surface area contributed by atoms with E-state index in [9.17, 15) is 28.5 Å². The summed E-state index contributed by atoms with van der Waals surface area (Å²) >= 11 is 0. The molecule has 0 aliphatic heterocycles. The van der Waals surface area contributed by atoms with Gasteiger partial charge in [-0.2, -0.15) is 0 Å². The zero-order valence-electron chi connectivity index (χ0n) is 24.5. The maximum absolute atomic E-state index is 13.8. The molecule has 6 rings (SSSR count). The number of halogens is 2. The molecular weight excluding hydrogens is 594 g/mol. The molecule has 230 valence electrons. The molecule has 2 aromatic heterocycles. The number of nitro benzene ring substituents is 1. The largest absolute Gasteiger partial charge is 0.399 e. The van der Waals surface area contributed by atoms with E-state index in [1.54, 1.807) is 36.4 Å². The number of fused-ring (bicyclic) bond motifs is 2. The van der Waals surface area contributed by atoms with E-state index in [1.165, 1.54) is 18.2 Å². The van der Waals surface area contributed by atoms with Crippen LogP contribution in [0.3, 0.4) is 0 Å². The number of carbonyl (C=O) groups is 2. The van der Waals surface area contributed by atoms with Gasteiger partial charge in [0.15, 0.2) is 0 Å². The molecule has 6 aromatic rings. The number of nitro groups is 1. The number of carbonyl (C=O) groups excluding carboxylic acids is 2. The standard InChI is InChI=1S/C17H12FN3O3.C17H14FN3O/c1-10-2-3-11-8-12(4-7-15(11)19-10)17(22)20-16-9-13(21(23)24)5-6-14(16)18;1-10-2-3-11-8-12(4-7-15(11)20-10)17(22)21-16-9-13(19)5-6-14(16)18/h2-9H,1H3,(H,20,22);2-9H,19H2,1H3,(H,21,22). The highest BCUT2D eigenvalue weighted by Crippen LogP contribution is 2.23. The Morgan fingerprint density at radius 3 is 1.65 bits per heavy atom. The smallest absolute Gasteiger partial charge is 0.271 e. The minimum Gasteiger partial charge on any atom is -0.399 e. The van der Waals surface area contributed by atoms with E-state index >= 15 is 0 Å². The van der Waals surface area contributed by atoms with Gasteiger partial charge in [0.1, 0.15) is 11.6 Å². The Labute approximate surface area is 261 Å². The molecule has 0 radical (unpaired) electrons. The first-order valence-electron chi connectivity index (χ1n) is 13.8. The van der Waals surface area contributed by atoms with E-state index in [0.717, 1.165) is 51.4 Å². The molecule has 0 spiro atoms. The fraction of sp³-hybridized carbons (Fsp3) is 0.0588. The van der Waals surface area contributed by atoms with Crippen LogP contribution in [0, 0.1) is 35.6 Å². The van der Waals surface area contributed by atoms with Gasteiger partial charge in [-0.25, -0.2) is 8.78 Å². The lowest BCUT2D eigenvalue weighted by molar-refractivity contribution is -0.384. The number of aromatic nitrogens is 2. The first-order valence-corrected chi connectivity index (χ1v) is 13.8. The number of anilines is 3. The summed E-state index contributed by atoms with van der Waals surface area (Å²) in [4.78, 5) is 43.4. The van der Waals surface area contributed by atoms with Crippen LogP contribution in [0.5, 0.6) is 0 Å². The minimum absolute atomic E-state index is 0.0622. The summed E-state index contributed by atoms with van der Waals surface area (Å²) in [5.41, 5.74) is 9.57. The van der Waals surface area contributed by atoms with Crippen LogP contribution in [0.25, 0.3) is 21.8 Å². The Bertz CT molecular complexity index is 2160. The van der Waals surface area contributed by atoms with Crippen LogP contribution >= 0.6 is 0 Å². The maximum atomic E-state index is 13.8. The molecule has 4 N–H and O–H groups in total. The summed E-state index contributed by atoms with van der Waals surface area (Å²) in [5, 5.41) is 17.3. The molecule has 0 fully saturated rings. The van der Waals surface area contributed by atoms with Crippen molar-refractivity contribution < 1.29 is 23.3 Å². The lowest BCUT2D eigenvalue weighted by Crippen LogP contribution is -2.13. The normalized spacial score (nSPS) is 10.6. The van der Waals surface area contributed by atoms with Crippen molar-refractivity contribution in [1.82, 2.24) is 9.97 Å². The topological polar surface area (TPSA) is 153 Å². The van der Waals surface area contributed by atoms with Gasteiger partial charge < -0.3 is 16.4 Å². The van der Waals surface area contributed by atoms with Crippen LogP contribution in [-0.2, 0) is 0 Å².